The third-order valence-corrected chi connectivity index (χ3v) is 8.58. The van der Waals surface area contributed by atoms with E-state index in [9.17, 15) is 16.8 Å². The van der Waals surface area contributed by atoms with E-state index in [0.717, 1.165) is 11.1 Å². The molecule has 3 aromatic rings. The van der Waals surface area contributed by atoms with Gasteiger partial charge >= 0.3 is 0 Å². The van der Waals surface area contributed by atoms with Gasteiger partial charge in [-0.25, -0.2) is 28.3 Å². The lowest BCUT2D eigenvalue weighted by Crippen LogP contribution is -2.49. The highest BCUT2D eigenvalue weighted by Gasteiger charge is 2.34. The Labute approximate surface area is 244 Å². The molecule has 1 heterocycles. The molecule has 4 N–H and O–H groups in total. The van der Waals surface area contributed by atoms with Crippen molar-refractivity contribution in [2.75, 3.05) is 13.1 Å². The minimum atomic E-state index is -4.12. The van der Waals surface area contributed by atoms with Gasteiger partial charge in [0, 0.05) is 21.5 Å². The predicted molar refractivity (Wildman–Crippen MR) is 158 cm³/mol. The van der Waals surface area contributed by atoms with Crippen LogP contribution in [0.3, 0.4) is 0 Å². The number of nitrogens with two attached hydrogens (primary N) is 1. The molecule has 0 radical (unpaired) electrons. The van der Waals surface area contributed by atoms with Crippen molar-refractivity contribution < 1.29 is 16.8 Å². The Hall–Kier alpha value is -3.00. The van der Waals surface area contributed by atoms with E-state index >= 15 is 0 Å². The first kappa shape index (κ1) is 30.0. The summed E-state index contributed by atoms with van der Waals surface area (Å²) in [4.78, 5) is 4.44. The Kier molecular flexibility index (Phi) is 8.88. The number of hydrogen-bond acceptors (Lipinski definition) is 6. The zero-order valence-corrected chi connectivity index (χ0v) is 24.8. The van der Waals surface area contributed by atoms with Gasteiger partial charge in [-0.3, -0.25) is 0 Å². The molecule has 0 saturated heterocycles. The summed E-state index contributed by atoms with van der Waals surface area (Å²) in [6.45, 7) is 3.25. The van der Waals surface area contributed by atoms with E-state index in [4.69, 9.17) is 33.4 Å². The monoisotopic (exact) mass is 622 g/mol. The van der Waals surface area contributed by atoms with Crippen LogP contribution in [0.1, 0.15) is 30.9 Å². The smallest absolute Gasteiger partial charge is 0.249 e. The predicted octanol–water partition coefficient (Wildman–Crippen LogP) is 3.70. The van der Waals surface area contributed by atoms with Crippen LogP contribution in [-0.2, 0) is 20.2 Å². The molecule has 1 atom stereocenters. The molecule has 1 aliphatic rings. The molecule has 0 amide bonds. The molecule has 4 rings (SSSR count). The normalized spacial score (nSPS) is 16.6. The van der Waals surface area contributed by atoms with Crippen molar-refractivity contribution in [2.45, 2.75) is 30.2 Å². The summed E-state index contributed by atoms with van der Waals surface area (Å²) in [7, 11) is -8.16. The zero-order valence-electron chi connectivity index (χ0n) is 21.6. The van der Waals surface area contributed by atoms with Gasteiger partial charge in [0.15, 0.2) is 0 Å². The minimum absolute atomic E-state index is 0.0350. The molecule has 3 aromatic carbocycles. The summed E-state index contributed by atoms with van der Waals surface area (Å²) >= 11 is 12.1. The molecule has 40 heavy (non-hydrogen) atoms. The average Bonchev–Trinajstić information content (AvgIpc) is 3.32. The van der Waals surface area contributed by atoms with E-state index in [0.29, 0.717) is 15.8 Å². The van der Waals surface area contributed by atoms with Gasteiger partial charge in [0.05, 0.1) is 23.7 Å². The van der Waals surface area contributed by atoms with Gasteiger partial charge < -0.3 is 0 Å². The Balaban J connectivity index is 1.76. The van der Waals surface area contributed by atoms with E-state index in [1.54, 1.807) is 26.0 Å². The summed E-state index contributed by atoms with van der Waals surface area (Å²) < 4.78 is 54.9. The van der Waals surface area contributed by atoms with Crippen molar-refractivity contribution in [3.63, 3.8) is 0 Å². The third kappa shape index (κ3) is 7.80. The fraction of sp³-hybridized carbons (Fsp3) is 0.231. The highest BCUT2D eigenvalue weighted by Crippen LogP contribution is 2.30. The second-order valence-corrected chi connectivity index (χ2v) is 13.6. The van der Waals surface area contributed by atoms with Crippen molar-refractivity contribution in [3.05, 3.63) is 100 Å². The van der Waals surface area contributed by atoms with Crippen LogP contribution in [0.15, 0.2) is 93.9 Å². The van der Waals surface area contributed by atoms with Crippen LogP contribution in [0.2, 0.25) is 10.0 Å². The van der Waals surface area contributed by atoms with Gasteiger partial charge in [-0.1, -0.05) is 65.7 Å². The summed E-state index contributed by atoms with van der Waals surface area (Å²) in [5.74, 6) is -0.327. The largest absolute Gasteiger partial charge is 0.274 e. The number of nitrogens with zero attached hydrogens (tertiary/aromatic N) is 3. The van der Waals surface area contributed by atoms with Gasteiger partial charge in [-0.15, -0.1) is 0 Å². The molecule has 0 aliphatic carbocycles. The van der Waals surface area contributed by atoms with Crippen molar-refractivity contribution in [3.8, 4) is 0 Å². The number of hydrazone groups is 1. The molecule has 0 fully saturated rings. The molecular formula is C26H28Cl2N6O4S2. The molecule has 0 aromatic heterocycles. The zero-order chi connectivity index (χ0) is 29.1. The van der Waals surface area contributed by atoms with Crippen LogP contribution in [-0.4, -0.2) is 52.1 Å². The Morgan fingerprint density at radius 3 is 2.12 bits per heavy atom. The maximum atomic E-state index is 13.3. The molecule has 0 bridgehead atoms. The summed E-state index contributed by atoms with van der Waals surface area (Å²) in [5, 5.41) is 12.4. The fourth-order valence-electron chi connectivity index (χ4n) is 4.11. The lowest BCUT2D eigenvalue weighted by atomic mass is 9.91. The second kappa shape index (κ2) is 11.9. The number of benzene rings is 3. The average molecular weight is 624 g/mol. The standard InChI is InChI=1S/C26H28Cl2N6O4S2/c1-26(2,33-40(29,37)38)17-30-25(32-39(35,36)22-14-12-21(28)13-15-22)34-16-23(18-6-4-3-5-7-18)24(31-34)19-8-10-20(27)11-9-19/h3-15,23,33H,16-17H2,1-2H3,(H,30,32)(H2,29,37,38)/t23-/m0/s1. The van der Waals surface area contributed by atoms with Crippen LogP contribution < -0.4 is 14.6 Å². The van der Waals surface area contributed by atoms with E-state index < -0.39 is 25.8 Å². The number of guanidine groups is 1. The van der Waals surface area contributed by atoms with E-state index in [1.807, 2.05) is 42.5 Å². The van der Waals surface area contributed by atoms with Crippen LogP contribution in [0.25, 0.3) is 0 Å². The lowest BCUT2D eigenvalue weighted by molar-refractivity contribution is 0.439. The first-order valence-corrected chi connectivity index (χ1v) is 15.8. The van der Waals surface area contributed by atoms with Gasteiger partial charge in [0.25, 0.3) is 20.2 Å². The SMILES string of the molecule is CC(C)(C/N=C(/NS(=O)(=O)c1ccc(Cl)cc1)N1C[C@@H](c2ccccc2)C(c2ccc(Cl)cc2)=N1)NS(N)(=O)=O. The van der Waals surface area contributed by atoms with Gasteiger partial charge in [-0.2, -0.15) is 18.2 Å². The molecule has 1 aliphatic heterocycles. The molecule has 212 valence electrons. The number of nitrogens with one attached hydrogen (secondary N) is 2. The first-order valence-electron chi connectivity index (χ1n) is 12.0. The summed E-state index contributed by atoms with van der Waals surface area (Å²) in [6.07, 6.45) is 0. The maximum absolute atomic E-state index is 13.3. The molecule has 0 unspecified atom stereocenters. The summed E-state index contributed by atoms with van der Waals surface area (Å²) in [5.41, 5.74) is 1.32. The van der Waals surface area contributed by atoms with Crippen LogP contribution in [0.5, 0.6) is 0 Å². The van der Waals surface area contributed by atoms with Gasteiger partial charge in [-0.05, 0) is 61.4 Å². The fourth-order valence-corrected chi connectivity index (χ4v) is 6.22. The van der Waals surface area contributed by atoms with E-state index in [2.05, 4.69) is 14.4 Å². The van der Waals surface area contributed by atoms with Gasteiger partial charge in [0.2, 0.25) is 5.96 Å². The van der Waals surface area contributed by atoms with Crippen LogP contribution in [0.4, 0.5) is 0 Å². The van der Waals surface area contributed by atoms with Gasteiger partial charge in [0.1, 0.15) is 0 Å². The lowest BCUT2D eigenvalue weighted by Gasteiger charge is -2.25. The van der Waals surface area contributed by atoms with Crippen molar-refractivity contribution in [1.82, 2.24) is 14.5 Å². The van der Waals surface area contributed by atoms with E-state index in [-0.39, 0.29) is 29.9 Å². The number of aliphatic imine (C=N–C) groups is 1. The quantitative estimate of drug-likeness (QED) is 0.259. The molecular weight excluding hydrogens is 595 g/mol. The minimum Gasteiger partial charge on any atom is -0.249 e. The van der Waals surface area contributed by atoms with Crippen LogP contribution in [0, 0.1) is 0 Å². The van der Waals surface area contributed by atoms with Crippen molar-refractivity contribution in [2.24, 2.45) is 15.2 Å². The third-order valence-electron chi connectivity index (χ3n) is 5.89. The molecule has 0 saturated carbocycles. The molecule has 14 heteroatoms. The second-order valence-electron chi connectivity index (χ2n) is 9.77. The Morgan fingerprint density at radius 1 is 0.975 bits per heavy atom. The molecule has 0 spiro atoms. The maximum Gasteiger partial charge on any atom is 0.274 e. The Bertz CT molecular complexity index is 1630. The van der Waals surface area contributed by atoms with Crippen molar-refractivity contribution >= 4 is 55.1 Å². The highest BCUT2D eigenvalue weighted by atomic mass is 35.5. The molecule has 10 nitrogen and oxygen atoms in total. The number of hydrogen-bond donors (Lipinski definition) is 3. The topological polar surface area (TPSA) is 146 Å². The number of rotatable bonds is 8. The van der Waals surface area contributed by atoms with Crippen LogP contribution >= 0.6 is 23.2 Å². The summed E-state index contributed by atoms with van der Waals surface area (Å²) in [6, 6.07) is 22.5. The number of halogens is 2. The van der Waals surface area contributed by atoms with E-state index in [1.165, 1.54) is 29.3 Å². The number of sulfonamides is 1. The highest BCUT2D eigenvalue weighted by molar-refractivity contribution is 7.90. The van der Waals surface area contributed by atoms with Crippen molar-refractivity contribution in [1.29, 1.82) is 0 Å². The first-order chi connectivity index (χ1) is 18.7. The Morgan fingerprint density at radius 2 is 1.55 bits per heavy atom.